The second-order valence-corrected chi connectivity index (χ2v) is 7.00. The minimum atomic E-state index is -0.332. The van der Waals surface area contributed by atoms with E-state index in [1.54, 1.807) is 17.0 Å². The molecule has 0 aliphatic rings. The van der Waals surface area contributed by atoms with Gasteiger partial charge in [-0.15, -0.1) is 10.2 Å². The Balaban J connectivity index is 1.65. The molecular formula is C20H20FN3O2S. The van der Waals surface area contributed by atoms with Gasteiger partial charge in [0.05, 0.1) is 5.75 Å². The van der Waals surface area contributed by atoms with Crippen molar-refractivity contribution in [3.63, 3.8) is 0 Å². The molecule has 3 rings (SSSR count). The fourth-order valence-corrected chi connectivity index (χ4v) is 3.22. The third kappa shape index (κ3) is 4.54. The minimum absolute atomic E-state index is 0.111. The van der Waals surface area contributed by atoms with Gasteiger partial charge in [-0.3, -0.25) is 4.79 Å². The lowest BCUT2D eigenvalue weighted by Gasteiger charge is -2.20. The Labute approximate surface area is 161 Å². The number of amides is 1. The number of rotatable bonds is 6. The molecule has 27 heavy (non-hydrogen) atoms. The molecule has 0 saturated heterocycles. The number of hydrogen-bond acceptors (Lipinski definition) is 5. The van der Waals surface area contributed by atoms with Crippen LogP contribution >= 0.6 is 11.8 Å². The number of anilines is 1. The second kappa shape index (κ2) is 8.35. The van der Waals surface area contributed by atoms with Crippen LogP contribution < -0.4 is 4.90 Å². The molecule has 0 N–H and O–H groups in total. The lowest BCUT2D eigenvalue weighted by Crippen LogP contribution is -2.32. The predicted octanol–water partition coefficient (Wildman–Crippen LogP) is 4.64. The maximum Gasteiger partial charge on any atom is 0.277 e. The number of benzene rings is 2. The summed E-state index contributed by atoms with van der Waals surface area (Å²) in [5, 5.41) is 8.42. The SMILES string of the molecule is CCN(C(=O)CSc1nnc(-c2ccc(C)c(C)c2)o1)c1ccc(F)cc1. The van der Waals surface area contributed by atoms with Crippen molar-refractivity contribution >= 4 is 23.4 Å². The number of halogens is 1. The van der Waals surface area contributed by atoms with Crippen molar-refractivity contribution < 1.29 is 13.6 Å². The molecule has 2 aromatic carbocycles. The van der Waals surface area contributed by atoms with Crippen molar-refractivity contribution in [2.24, 2.45) is 0 Å². The van der Waals surface area contributed by atoms with E-state index in [0.717, 1.165) is 11.1 Å². The van der Waals surface area contributed by atoms with Crippen LogP contribution in [0, 0.1) is 19.7 Å². The first-order valence-electron chi connectivity index (χ1n) is 8.57. The first-order valence-corrected chi connectivity index (χ1v) is 9.56. The van der Waals surface area contributed by atoms with Crippen molar-refractivity contribution in [3.8, 4) is 11.5 Å². The number of hydrogen-bond donors (Lipinski definition) is 0. The zero-order valence-electron chi connectivity index (χ0n) is 15.4. The molecule has 140 valence electrons. The van der Waals surface area contributed by atoms with Gasteiger partial charge < -0.3 is 9.32 Å². The summed E-state index contributed by atoms with van der Waals surface area (Å²) >= 11 is 1.19. The molecule has 0 fully saturated rings. The van der Waals surface area contributed by atoms with Crippen LogP contribution in [0.3, 0.4) is 0 Å². The van der Waals surface area contributed by atoms with Crippen LogP contribution in [0.4, 0.5) is 10.1 Å². The smallest absolute Gasteiger partial charge is 0.277 e. The number of thioether (sulfide) groups is 1. The largest absolute Gasteiger partial charge is 0.411 e. The summed E-state index contributed by atoms with van der Waals surface area (Å²) in [6.45, 7) is 6.43. The van der Waals surface area contributed by atoms with Crippen molar-refractivity contribution in [3.05, 3.63) is 59.4 Å². The fourth-order valence-electron chi connectivity index (χ4n) is 2.58. The molecule has 0 bridgehead atoms. The second-order valence-electron chi connectivity index (χ2n) is 6.08. The maximum atomic E-state index is 13.1. The summed E-state index contributed by atoms with van der Waals surface area (Å²) in [7, 11) is 0. The topological polar surface area (TPSA) is 59.2 Å². The Morgan fingerprint density at radius 1 is 1.11 bits per heavy atom. The summed E-state index contributed by atoms with van der Waals surface area (Å²) < 4.78 is 18.7. The quantitative estimate of drug-likeness (QED) is 0.579. The summed E-state index contributed by atoms with van der Waals surface area (Å²) in [4.78, 5) is 14.1. The number of nitrogens with zero attached hydrogens (tertiary/aromatic N) is 3. The molecule has 0 radical (unpaired) electrons. The molecule has 0 spiro atoms. The highest BCUT2D eigenvalue weighted by molar-refractivity contribution is 7.99. The molecule has 1 amide bonds. The molecule has 0 aliphatic heterocycles. The highest BCUT2D eigenvalue weighted by Crippen LogP contribution is 2.25. The van der Waals surface area contributed by atoms with E-state index in [2.05, 4.69) is 10.2 Å². The molecule has 3 aromatic rings. The van der Waals surface area contributed by atoms with Gasteiger partial charge in [-0.1, -0.05) is 17.8 Å². The standard InChI is InChI=1S/C20H20FN3O2S/c1-4-24(17-9-7-16(21)8-10-17)18(25)12-27-20-23-22-19(26-20)15-6-5-13(2)14(3)11-15/h5-11H,4,12H2,1-3H3. The number of aromatic nitrogens is 2. The van der Waals surface area contributed by atoms with Gasteiger partial charge in [0.15, 0.2) is 0 Å². The van der Waals surface area contributed by atoms with Crippen LogP contribution in [0.15, 0.2) is 52.1 Å². The van der Waals surface area contributed by atoms with E-state index in [-0.39, 0.29) is 17.5 Å². The van der Waals surface area contributed by atoms with E-state index < -0.39 is 0 Å². The molecule has 0 aliphatic carbocycles. The molecule has 7 heteroatoms. The maximum absolute atomic E-state index is 13.1. The average molecular weight is 385 g/mol. The van der Waals surface area contributed by atoms with Crippen LogP contribution in [0.5, 0.6) is 0 Å². The minimum Gasteiger partial charge on any atom is -0.411 e. The van der Waals surface area contributed by atoms with Crippen molar-refractivity contribution in [1.29, 1.82) is 0 Å². The molecule has 0 unspecified atom stereocenters. The first-order chi connectivity index (χ1) is 13.0. The van der Waals surface area contributed by atoms with Crippen LogP contribution in [0.2, 0.25) is 0 Å². The van der Waals surface area contributed by atoms with Crippen LogP contribution in [0.1, 0.15) is 18.1 Å². The Kier molecular flexibility index (Phi) is 5.91. The van der Waals surface area contributed by atoms with E-state index >= 15 is 0 Å². The van der Waals surface area contributed by atoms with E-state index in [9.17, 15) is 9.18 Å². The Morgan fingerprint density at radius 3 is 2.52 bits per heavy atom. The molecule has 5 nitrogen and oxygen atoms in total. The molecule has 1 heterocycles. The summed E-state index contributed by atoms with van der Waals surface area (Å²) in [5.74, 6) is 0.139. The number of aryl methyl sites for hydroxylation is 2. The number of carbonyl (C=O) groups is 1. The van der Waals surface area contributed by atoms with Crippen LogP contribution in [-0.2, 0) is 4.79 Å². The summed E-state index contributed by atoms with van der Waals surface area (Å²) in [6, 6.07) is 11.8. The third-order valence-corrected chi connectivity index (χ3v) is 5.04. The van der Waals surface area contributed by atoms with Gasteiger partial charge >= 0.3 is 0 Å². The summed E-state index contributed by atoms with van der Waals surface area (Å²) in [5.41, 5.74) is 3.85. The fraction of sp³-hybridized carbons (Fsp3) is 0.250. The van der Waals surface area contributed by atoms with E-state index in [1.165, 1.54) is 29.5 Å². The van der Waals surface area contributed by atoms with Crippen LogP contribution in [0.25, 0.3) is 11.5 Å². The normalized spacial score (nSPS) is 10.8. The van der Waals surface area contributed by atoms with Crippen molar-refractivity contribution in [2.75, 3.05) is 17.2 Å². The van der Waals surface area contributed by atoms with Gasteiger partial charge in [-0.2, -0.15) is 0 Å². The van der Waals surface area contributed by atoms with Crippen molar-refractivity contribution in [2.45, 2.75) is 26.0 Å². The lowest BCUT2D eigenvalue weighted by molar-refractivity contribution is -0.116. The van der Waals surface area contributed by atoms with Gasteiger partial charge in [0.1, 0.15) is 5.82 Å². The van der Waals surface area contributed by atoms with E-state index in [4.69, 9.17) is 4.42 Å². The van der Waals surface area contributed by atoms with Crippen molar-refractivity contribution in [1.82, 2.24) is 10.2 Å². The van der Waals surface area contributed by atoms with E-state index in [1.807, 2.05) is 39.0 Å². The Morgan fingerprint density at radius 2 is 1.85 bits per heavy atom. The zero-order valence-corrected chi connectivity index (χ0v) is 16.2. The highest BCUT2D eigenvalue weighted by Gasteiger charge is 2.17. The van der Waals surface area contributed by atoms with Gasteiger partial charge in [-0.25, -0.2) is 4.39 Å². The van der Waals surface area contributed by atoms with Gasteiger partial charge in [-0.05, 0) is 68.3 Å². The molecule has 0 saturated carbocycles. The molecule has 0 atom stereocenters. The lowest BCUT2D eigenvalue weighted by atomic mass is 10.1. The monoisotopic (exact) mass is 385 g/mol. The van der Waals surface area contributed by atoms with Gasteiger partial charge in [0.25, 0.3) is 5.22 Å². The highest BCUT2D eigenvalue weighted by atomic mass is 32.2. The molecule has 1 aromatic heterocycles. The first kappa shape index (κ1) is 19.1. The van der Waals surface area contributed by atoms with Crippen LogP contribution in [-0.4, -0.2) is 28.4 Å². The zero-order chi connectivity index (χ0) is 19.4. The Bertz CT molecular complexity index is 941. The summed E-state index contributed by atoms with van der Waals surface area (Å²) in [6.07, 6.45) is 0. The molecular weight excluding hydrogens is 365 g/mol. The number of carbonyl (C=O) groups excluding carboxylic acids is 1. The predicted molar refractivity (Wildman–Crippen MR) is 104 cm³/mol. The van der Waals surface area contributed by atoms with E-state index in [0.29, 0.717) is 23.3 Å². The average Bonchev–Trinajstić information content (AvgIpc) is 3.13. The van der Waals surface area contributed by atoms with Gasteiger partial charge in [0.2, 0.25) is 11.8 Å². The third-order valence-electron chi connectivity index (χ3n) is 4.24. The van der Waals surface area contributed by atoms with Gasteiger partial charge in [0, 0.05) is 17.8 Å². The Hall–Kier alpha value is -2.67.